The highest BCUT2D eigenvalue weighted by molar-refractivity contribution is 6.32. The highest BCUT2D eigenvalue weighted by Crippen LogP contribution is 2.20. The normalized spacial score (nSPS) is 15.0. The molecule has 1 aliphatic rings. The van der Waals surface area contributed by atoms with Gasteiger partial charge in [-0.15, -0.1) is 0 Å². The molecule has 1 fully saturated rings. The van der Waals surface area contributed by atoms with E-state index in [9.17, 15) is 14.9 Å². The summed E-state index contributed by atoms with van der Waals surface area (Å²) in [6.45, 7) is 4.96. The number of rotatable bonds is 6. The average Bonchev–Trinajstić information content (AvgIpc) is 2.68. The van der Waals surface area contributed by atoms with Crippen LogP contribution in [0.3, 0.4) is 0 Å². The first-order valence-electron chi connectivity index (χ1n) is 8.63. The maximum Gasteiger partial charge on any atom is 0.287 e. The third-order valence-corrected chi connectivity index (χ3v) is 4.98. The summed E-state index contributed by atoms with van der Waals surface area (Å²) in [5.74, 6) is 0. The van der Waals surface area contributed by atoms with Crippen molar-refractivity contribution in [1.82, 2.24) is 14.7 Å². The minimum Gasteiger partial charge on any atom is -0.381 e. The summed E-state index contributed by atoms with van der Waals surface area (Å²) in [4.78, 5) is 26.6. The van der Waals surface area contributed by atoms with Crippen molar-refractivity contribution in [3.05, 3.63) is 56.0 Å². The van der Waals surface area contributed by atoms with Crippen molar-refractivity contribution in [3.8, 4) is 0 Å². The number of non-ortho nitro benzene ring substituents is 1. The molecule has 0 unspecified atom stereocenters. The summed E-state index contributed by atoms with van der Waals surface area (Å²) in [6, 6.07) is 6.65. The van der Waals surface area contributed by atoms with Crippen LogP contribution in [0, 0.1) is 10.1 Å². The molecule has 0 atom stereocenters. The van der Waals surface area contributed by atoms with Crippen LogP contribution < -0.4 is 15.8 Å². The number of halogens is 1. The molecule has 1 saturated heterocycles. The number of hydrogen-bond donors (Lipinski definition) is 1. The Kier molecular flexibility index (Phi) is 5.92. The van der Waals surface area contributed by atoms with Crippen LogP contribution in [0.5, 0.6) is 0 Å². The van der Waals surface area contributed by atoms with Crippen molar-refractivity contribution in [2.24, 2.45) is 7.05 Å². The zero-order valence-electron chi connectivity index (χ0n) is 15.0. The topological polar surface area (TPSA) is 96.5 Å². The van der Waals surface area contributed by atoms with Gasteiger partial charge >= 0.3 is 0 Å². The molecule has 0 saturated carbocycles. The molecule has 0 aliphatic carbocycles. The first-order valence-corrected chi connectivity index (χ1v) is 9.01. The summed E-state index contributed by atoms with van der Waals surface area (Å²) < 4.78 is 1.20. The predicted octanol–water partition coefficient (Wildman–Crippen LogP) is 1.58. The molecular formula is C17H21ClN6O3. The lowest BCUT2D eigenvalue weighted by atomic mass is 10.2. The number of piperazine rings is 1. The fourth-order valence-electron chi connectivity index (χ4n) is 3.00. The van der Waals surface area contributed by atoms with Crippen LogP contribution in [0.25, 0.3) is 0 Å². The summed E-state index contributed by atoms with van der Waals surface area (Å²) in [6.07, 6.45) is 1.55. The number of aromatic nitrogens is 2. The van der Waals surface area contributed by atoms with Gasteiger partial charge in [-0.3, -0.25) is 19.8 Å². The van der Waals surface area contributed by atoms with Gasteiger partial charge in [-0.2, -0.15) is 5.10 Å². The number of nitro groups is 1. The molecule has 144 valence electrons. The SMILES string of the molecule is Cn1ncc(NCCN2CCN(c3ccc([N+](=O)[O-])cc3)CC2)c(Cl)c1=O. The van der Waals surface area contributed by atoms with E-state index in [2.05, 4.69) is 20.2 Å². The Hall–Kier alpha value is -2.65. The average molecular weight is 393 g/mol. The second-order valence-electron chi connectivity index (χ2n) is 6.33. The van der Waals surface area contributed by atoms with Crippen molar-refractivity contribution in [2.45, 2.75) is 0 Å². The Bertz CT molecular complexity index is 862. The Morgan fingerprint density at radius 1 is 1.22 bits per heavy atom. The van der Waals surface area contributed by atoms with Crippen LogP contribution in [0.4, 0.5) is 17.1 Å². The molecule has 3 rings (SSSR count). The fraction of sp³-hybridized carbons (Fsp3) is 0.412. The third kappa shape index (κ3) is 4.55. The molecule has 0 spiro atoms. The molecule has 0 bridgehead atoms. The maximum absolute atomic E-state index is 11.8. The van der Waals surface area contributed by atoms with Gasteiger partial charge in [-0.05, 0) is 12.1 Å². The molecule has 27 heavy (non-hydrogen) atoms. The Morgan fingerprint density at radius 3 is 2.52 bits per heavy atom. The van der Waals surface area contributed by atoms with Crippen molar-refractivity contribution in [2.75, 3.05) is 49.5 Å². The summed E-state index contributed by atoms with van der Waals surface area (Å²) in [5, 5.41) is 18.0. The molecule has 2 heterocycles. The molecule has 1 N–H and O–H groups in total. The monoisotopic (exact) mass is 392 g/mol. The van der Waals surface area contributed by atoms with E-state index in [0.717, 1.165) is 38.4 Å². The van der Waals surface area contributed by atoms with Gasteiger partial charge in [-0.1, -0.05) is 11.6 Å². The number of hydrogen-bond acceptors (Lipinski definition) is 7. The number of anilines is 2. The minimum absolute atomic E-state index is 0.104. The van der Waals surface area contributed by atoms with Gasteiger partial charge in [0.15, 0.2) is 0 Å². The first kappa shape index (κ1) is 19.1. The van der Waals surface area contributed by atoms with E-state index in [-0.39, 0.29) is 21.2 Å². The fourth-order valence-corrected chi connectivity index (χ4v) is 3.24. The van der Waals surface area contributed by atoms with Crippen LogP contribution >= 0.6 is 11.6 Å². The molecule has 1 aromatic heterocycles. The quantitative estimate of drug-likeness (QED) is 0.588. The second kappa shape index (κ2) is 8.36. The third-order valence-electron chi connectivity index (χ3n) is 4.62. The number of nitrogens with one attached hydrogen (secondary N) is 1. The van der Waals surface area contributed by atoms with E-state index in [4.69, 9.17) is 11.6 Å². The number of aryl methyl sites for hydroxylation is 1. The largest absolute Gasteiger partial charge is 0.381 e. The van der Waals surface area contributed by atoms with Crippen molar-refractivity contribution in [3.63, 3.8) is 0 Å². The Morgan fingerprint density at radius 2 is 1.89 bits per heavy atom. The number of nitro benzene ring substituents is 1. The lowest BCUT2D eigenvalue weighted by Gasteiger charge is -2.36. The van der Waals surface area contributed by atoms with Crippen LogP contribution in [0.2, 0.25) is 5.02 Å². The lowest BCUT2D eigenvalue weighted by molar-refractivity contribution is -0.384. The van der Waals surface area contributed by atoms with Crippen LogP contribution in [-0.2, 0) is 7.05 Å². The summed E-state index contributed by atoms with van der Waals surface area (Å²) in [7, 11) is 1.56. The standard InChI is InChI=1S/C17H21ClN6O3/c1-21-17(25)16(18)15(12-20-21)19-6-7-22-8-10-23(11-9-22)13-2-4-14(5-3-13)24(26)27/h2-5,12,19H,6-11H2,1H3. The van der Waals surface area contributed by atoms with E-state index >= 15 is 0 Å². The van der Waals surface area contributed by atoms with Crippen molar-refractivity contribution in [1.29, 1.82) is 0 Å². The summed E-state index contributed by atoms with van der Waals surface area (Å²) >= 11 is 6.04. The number of benzene rings is 1. The highest BCUT2D eigenvalue weighted by Gasteiger charge is 2.18. The van der Waals surface area contributed by atoms with Crippen LogP contribution in [-0.4, -0.2) is 58.9 Å². The van der Waals surface area contributed by atoms with Gasteiger partial charge in [0.25, 0.3) is 11.2 Å². The van der Waals surface area contributed by atoms with Crippen LogP contribution in [0.1, 0.15) is 0 Å². The molecule has 0 radical (unpaired) electrons. The highest BCUT2D eigenvalue weighted by atomic mass is 35.5. The van der Waals surface area contributed by atoms with Crippen molar-refractivity contribution < 1.29 is 4.92 Å². The van der Waals surface area contributed by atoms with E-state index in [1.165, 1.54) is 16.8 Å². The summed E-state index contributed by atoms with van der Waals surface area (Å²) in [5.41, 5.74) is 1.33. The molecule has 1 aliphatic heterocycles. The van der Waals surface area contributed by atoms with Gasteiger partial charge in [-0.25, -0.2) is 4.68 Å². The zero-order valence-corrected chi connectivity index (χ0v) is 15.7. The Balaban J connectivity index is 1.46. The van der Waals surface area contributed by atoms with Gasteiger partial charge < -0.3 is 10.2 Å². The van der Waals surface area contributed by atoms with Gasteiger partial charge in [0.1, 0.15) is 5.02 Å². The van der Waals surface area contributed by atoms with Gasteiger partial charge in [0, 0.05) is 64.1 Å². The molecule has 10 heteroatoms. The van der Waals surface area contributed by atoms with Crippen molar-refractivity contribution >= 4 is 28.7 Å². The first-order chi connectivity index (χ1) is 13.0. The van der Waals surface area contributed by atoms with E-state index in [1.807, 2.05) is 0 Å². The molecule has 0 amide bonds. The second-order valence-corrected chi connectivity index (χ2v) is 6.71. The minimum atomic E-state index is -0.390. The molecule has 9 nitrogen and oxygen atoms in total. The smallest absolute Gasteiger partial charge is 0.287 e. The molecular weight excluding hydrogens is 372 g/mol. The lowest BCUT2D eigenvalue weighted by Crippen LogP contribution is -2.47. The molecule has 1 aromatic carbocycles. The maximum atomic E-state index is 11.8. The van der Waals surface area contributed by atoms with Gasteiger partial charge in [0.05, 0.1) is 16.8 Å². The van der Waals surface area contributed by atoms with E-state index in [1.54, 1.807) is 25.4 Å². The Labute approximate surface area is 161 Å². The van der Waals surface area contributed by atoms with E-state index in [0.29, 0.717) is 12.2 Å². The predicted molar refractivity (Wildman–Crippen MR) is 105 cm³/mol. The van der Waals surface area contributed by atoms with Gasteiger partial charge in [0.2, 0.25) is 0 Å². The van der Waals surface area contributed by atoms with E-state index < -0.39 is 0 Å². The van der Waals surface area contributed by atoms with Crippen LogP contribution in [0.15, 0.2) is 35.3 Å². The molecule has 2 aromatic rings. The number of nitrogens with zero attached hydrogens (tertiary/aromatic N) is 5. The zero-order chi connectivity index (χ0) is 19.4.